The zero-order valence-corrected chi connectivity index (χ0v) is 11.6. The van der Waals surface area contributed by atoms with E-state index in [0.29, 0.717) is 24.7 Å². The number of ether oxygens (including phenoxy) is 2. The third-order valence-corrected chi connectivity index (χ3v) is 3.45. The smallest absolute Gasteiger partial charge is 0.196 e. The average molecular weight is 308 g/mol. The Morgan fingerprint density at radius 3 is 2.48 bits per heavy atom. The Bertz CT molecular complexity index is 733. The first-order valence-corrected chi connectivity index (χ1v) is 6.63. The van der Waals surface area contributed by atoms with E-state index in [9.17, 15) is 9.18 Å². The lowest BCUT2D eigenvalue weighted by atomic mass is 10.0. The lowest BCUT2D eigenvalue weighted by Crippen LogP contribution is -2.16. The minimum absolute atomic E-state index is 0.0635. The number of ketones is 1. The van der Waals surface area contributed by atoms with E-state index in [1.807, 2.05) is 0 Å². The standard InChI is InChI=1S/C15H11ClFNO3/c16-11-7-14-13(20-3-4-21-14)6-9(11)15(19)10-5-8(17)1-2-12(10)18/h1-2,5-7H,3-4,18H2. The third kappa shape index (κ3) is 2.52. The molecule has 0 atom stereocenters. The molecule has 0 bridgehead atoms. The van der Waals surface area contributed by atoms with Crippen LogP contribution in [0.15, 0.2) is 30.3 Å². The van der Waals surface area contributed by atoms with Gasteiger partial charge in [0.15, 0.2) is 17.3 Å². The number of nitrogens with two attached hydrogens (primary N) is 1. The molecule has 21 heavy (non-hydrogen) atoms. The molecule has 1 heterocycles. The van der Waals surface area contributed by atoms with Crippen molar-refractivity contribution < 1.29 is 18.7 Å². The summed E-state index contributed by atoms with van der Waals surface area (Å²) in [7, 11) is 0. The molecule has 2 N–H and O–H groups in total. The summed E-state index contributed by atoms with van der Waals surface area (Å²) in [6.45, 7) is 0.817. The molecular weight excluding hydrogens is 297 g/mol. The SMILES string of the molecule is Nc1ccc(F)cc1C(=O)c1cc2c(cc1Cl)OCCO2. The maximum Gasteiger partial charge on any atom is 0.196 e. The quantitative estimate of drug-likeness (QED) is 0.684. The van der Waals surface area contributed by atoms with Gasteiger partial charge in [-0.15, -0.1) is 0 Å². The van der Waals surface area contributed by atoms with Crippen molar-refractivity contribution >= 4 is 23.1 Å². The summed E-state index contributed by atoms with van der Waals surface area (Å²) in [6, 6.07) is 6.62. The van der Waals surface area contributed by atoms with Gasteiger partial charge < -0.3 is 15.2 Å². The summed E-state index contributed by atoms with van der Waals surface area (Å²) in [5, 5.41) is 0.202. The van der Waals surface area contributed by atoms with Crippen LogP contribution in [0, 0.1) is 5.82 Å². The molecule has 0 fully saturated rings. The van der Waals surface area contributed by atoms with Crippen molar-refractivity contribution in [1.82, 2.24) is 0 Å². The number of carbonyl (C=O) groups is 1. The molecule has 1 aliphatic rings. The number of halogens is 2. The van der Waals surface area contributed by atoms with Gasteiger partial charge in [-0.2, -0.15) is 0 Å². The number of fused-ring (bicyclic) bond motifs is 1. The molecule has 6 heteroatoms. The van der Waals surface area contributed by atoms with Crippen molar-refractivity contribution in [2.45, 2.75) is 0 Å². The first-order valence-electron chi connectivity index (χ1n) is 6.25. The van der Waals surface area contributed by atoms with Crippen LogP contribution in [0.2, 0.25) is 5.02 Å². The maximum atomic E-state index is 13.3. The predicted octanol–water partition coefficient (Wildman–Crippen LogP) is 3.06. The van der Waals surface area contributed by atoms with Gasteiger partial charge in [0.05, 0.1) is 5.02 Å². The Kier molecular flexibility index (Phi) is 3.43. The van der Waals surface area contributed by atoms with Gasteiger partial charge in [0, 0.05) is 22.9 Å². The van der Waals surface area contributed by atoms with E-state index in [1.165, 1.54) is 24.3 Å². The molecule has 4 nitrogen and oxygen atoms in total. The second-order valence-corrected chi connectivity index (χ2v) is 4.94. The maximum absolute atomic E-state index is 13.3. The van der Waals surface area contributed by atoms with Gasteiger partial charge in [-0.05, 0) is 24.3 Å². The Morgan fingerprint density at radius 1 is 1.10 bits per heavy atom. The summed E-state index contributed by atoms with van der Waals surface area (Å²) in [4.78, 5) is 12.5. The van der Waals surface area contributed by atoms with E-state index in [4.69, 9.17) is 26.8 Å². The third-order valence-electron chi connectivity index (χ3n) is 3.14. The van der Waals surface area contributed by atoms with Crippen LogP contribution in [-0.2, 0) is 0 Å². The van der Waals surface area contributed by atoms with Gasteiger partial charge >= 0.3 is 0 Å². The highest BCUT2D eigenvalue weighted by Gasteiger charge is 2.21. The molecule has 0 spiro atoms. The number of carbonyl (C=O) groups excluding carboxylic acids is 1. The molecule has 3 rings (SSSR count). The van der Waals surface area contributed by atoms with Crippen LogP contribution in [-0.4, -0.2) is 19.0 Å². The predicted molar refractivity (Wildman–Crippen MR) is 76.7 cm³/mol. The highest BCUT2D eigenvalue weighted by Crippen LogP contribution is 2.36. The van der Waals surface area contributed by atoms with Crippen molar-refractivity contribution in [3.63, 3.8) is 0 Å². The number of anilines is 1. The molecule has 0 radical (unpaired) electrons. The summed E-state index contributed by atoms with van der Waals surface area (Å²) in [5.74, 6) is -0.0887. The van der Waals surface area contributed by atoms with E-state index in [2.05, 4.69) is 0 Å². The first-order chi connectivity index (χ1) is 10.1. The van der Waals surface area contributed by atoms with E-state index in [1.54, 1.807) is 0 Å². The van der Waals surface area contributed by atoms with Gasteiger partial charge in [0.2, 0.25) is 0 Å². The lowest BCUT2D eigenvalue weighted by molar-refractivity contribution is 0.103. The number of benzene rings is 2. The monoisotopic (exact) mass is 307 g/mol. The molecule has 2 aromatic rings. The fourth-order valence-electron chi connectivity index (χ4n) is 2.11. The summed E-state index contributed by atoms with van der Waals surface area (Å²) < 4.78 is 24.1. The van der Waals surface area contributed by atoms with Crippen molar-refractivity contribution in [2.75, 3.05) is 18.9 Å². The molecule has 0 unspecified atom stereocenters. The van der Waals surface area contributed by atoms with Crippen LogP contribution >= 0.6 is 11.6 Å². The molecule has 0 amide bonds. The molecule has 0 aromatic heterocycles. The highest BCUT2D eigenvalue weighted by molar-refractivity contribution is 6.35. The minimum Gasteiger partial charge on any atom is -0.486 e. The zero-order chi connectivity index (χ0) is 15.0. The van der Waals surface area contributed by atoms with Crippen LogP contribution in [0.3, 0.4) is 0 Å². The van der Waals surface area contributed by atoms with Crippen molar-refractivity contribution in [2.24, 2.45) is 0 Å². The van der Waals surface area contributed by atoms with Crippen LogP contribution < -0.4 is 15.2 Å². The van der Waals surface area contributed by atoms with Crippen LogP contribution in [0.1, 0.15) is 15.9 Å². The van der Waals surface area contributed by atoms with Gasteiger partial charge in [0.25, 0.3) is 0 Å². The van der Waals surface area contributed by atoms with Crippen molar-refractivity contribution in [3.05, 3.63) is 52.3 Å². The largest absolute Gasteiger partial charge is 0.486 e. The fraction of sp³-hybridized carbons (Fsp3) is 0.133. The Morgan fingerprint density at radius 2 is 1.76 bits per heavy atom. The zero-order valence-electron chi connectivity index (χ0n) is 10.9. The lowest BCUT2D eigenvalue weighted by Gasteiger charge is -2.19. The normalized spacial score (nSPS) is 13.0. The molecular formula is C15H11ClFNO3. The topological polar surface area (TPSA) is 61.6 Å². The van der Waals surface area contributed by atoms with Crippen molar-refractivity contribution in [1.29, 1.82) is 0 Å². The summed E-state index contributed by atoms with van der Waals surface area (Å²) in [5.41, 5.74) is 6.17. The van der Waals surface area contributed by atoms with Crippen LogP contribution in [0.25, 0.3) is 0 Å². The Labute approximate surface area is 125 Å². The highest BCUT2D eigenvalue weighted by atomic mass is 35.5. The molecule has 108 valence electrons. The number of rotatable bonds is 2. The average Bonchev–Trinajstić information content (AvgIpc) is 2.48. The van der Waals surface area contributed by atoms with Crippen LogP contribution in [0.4, 0.5) is 10.1 Å². The van der Waals surface area contributed by atoms with Gasteiger partial charge in [-0.1, -0.05) is 11.6 Å². The second-order valence-electron chi connectivity index (χ2n) is 4.54. The van der Waals surface area contributed by atoms with E-state index in [0.717, 1.165) is 6.07 Å². The minimum atomic E-state index is -0.541. The first kappa shape index (κ1) is 13.7. The molecule has 0 saturated carbocycles. The summed E-state index contributed by atoms with van der Waals surface area (Å²) >= 11 is 6.11. The Balaban J connectivity index is 2.07. The van der Waals surface area contributed by atoms with E-state index in [-0.39, 0.29) is 21.8 Å². The van der Waals surface area contributed by atoms with Crippen LogP contribution in [0.5, 0.6) is 11.5 Å². The van der Waals surface area contributed by atoms with E-state index >= 15 is 0 Å². The van der Waals surface area contributed by atoms with Gasteiger partial charge in [-0.3, -0.25) is 4.79 Å². The van der Waals surface area contributed by atoms with Crippen molar-refractivity contribution in [3.8, 4) is 11.5 Å². The number of hydrogen-bond donors (Lipinski definition) is 1. The number of hydrogen-bond acceptors (Lipinski definition) is 4. The molecule has 2 aromatic carbocycles. The molecule has 0 aliphatic carbocycles. The van der Waals surface area contributed by atoms with E-state index < -0.39 is 11.6 Å². The summed E-state index contributed by atoms with van der Waals surface area (Å²) in [6.07, 6.45) is 0. The van der Waals surface area contributed by atoms with Gasteiger partial charge in [-0.25, -0.2) is 4.39 Å². The number of nitrogen functional groups attached to an aromatic ring is 1. The second kappa shape index (κ2) is 5.26. The molecule has 1 aliphatic heterocycles. The molecule has 0 saturated heterocycles. The fourth-order valence-corrected chi connectivity index (χ4v) is 2.35. The van der Waals surface area contributed by atoms with Gasteiger partial charge in [0.1, 0.15) is 19.0 Å². The Hall–Kier alpha value is -2.27.